The average molecular weight is 231 g/mol. The molecule has 0 unspecified atom stereocenters. The van der Waals surface area contributed by atoms with Crippen LogP contribution in [0, 0.1) is 23.1 Å². The summed E-state index contributed by atoms with van der Waals surface area (Å²) in [6.45, 7) is 0. The number of Topliss-reactive ketones (excluding diaryl/α,β-unsaturated/α-hetero) is 1. The minimum Gasteiger partial charge on any atom is -0.294 e. The molecule has 0 N–H and O–H groups in total. The average Bonchev–Trinajstić information content (AvgIpc) is 2.39. The van der Waals surface area contributed by atoms with Crippen LogP contribution >= 0.6 is 0 Å². The van der Waals surface area contributed by atoms with Crippen LogP contribution in [-0.2, 0) is 0 Å². The van der Waals surface area contributed by atoms with E-state index in [9.17, 15) is 9.18 Å². The third kappa shape index (κ3) is 2.52. The van der Waals surface area contributed by atoms with Crippen LogP contribution in [0.5, 0.6) is 0 Å². The number of hydrogen-bond acceptors (Lipinski definition) is 2. The van der Waals surface area contributed by atoms with Crippen molar-refractivity contribution in [2.45, 2.75) is 32.1 Å². The molecule has 1 aliphatic carbocycles. The smallest absolute Gasteiger partial charge is 0.166 e. The standard InChI is InChI=1S/C14H14FNO/c15-13-8-11(6-7-12(13)9-16)14(17)10-4-2-1-3-5-10/h6-8,10H,1-5H2. The highest BCUT2D eigenvalue weighted by Crippen LogP contribution is 2.27. The summed E-state index contributed by atoms with van der Waals surface area (Å²) in [4.78, 5) is 12.1. The maximum atomic E-state index is 13.4. The molecule has 0 bridgehead atoms. The highest BCUT2D eigenvalue weighted by Gasteiger charge is 2.22. The summed E-state index contributed by atoms with van der Waals surface area (Å²) in [5.74, 6) is -0.543. The number of rotatable bonds is 2. The van der Waals surface area contributed by atoms with E-state index in [0.29, 0.717) is 5.56 Å². The van der Waals surface area contributed by atoms with E-state index in [4.69, 9.17) is 5.26 Å². The quantitative estimate of drug-likeness (QED) is 0.731. The number of nitriles is 1. The van der Waals surface area contributed by atoms with E-state index in [-0.39, 0.29) is 17.3 Å². The largest absolute Gasteiger partial charge is 0.294 e. The predicted molar refractivity (Wildman–Crippen MR) is 62.0 cm³/mol. The molecule has 2 nitrogen and oxygen atoms in total. The number of nitrogens with zero attached hydrogens (tertiary/aromatic N) is 1. The van der Waals surface area contributed by atoms with E-state index in [1.807, 2.05) is 0 Å². The van der Waals surface area contributed by atoms with Crippen molar-refractivity contribution >= 4 is 5.78 Å². The van der Waals surface area contributed by atoms with Gasteiger partial charge in [0.2, 0.25) is 0 Å². The Kier molecular flexibility index (Phi) is 3.53. The molecule has 0 radical (unpaired) electrons. The highest BCUT2D eigenvalue weighted by molar-refractivity contribution is 5.98. The molecule has 17 heavy (non-hydrogen) atoms. The van der Waals surface area contributed by atoms with Gasteiger partial charge in [0.1, 0.15) is 11.9 Å². The van der Waals surface area contributed by atoms with E-state index in [1.54, 1.807) is 12.1 Å². The lowest BCUT2D eigenvalue weighted by Gasteiger charge is -2.20. The fourth-order valence-electron chi connectivity index (χ4n) is 2.36. The molecule has 1 aromatic rings. The molecular formula is C14H14FNO. The number of carbonyl (C=O) groups is 1. The maximum Gasteiger partial charge on any atom is 0.166 e. The summed E-state index contributed by atoms with van der Waals surface area (Å²) in [7, 11) is 0. The Bertz CT molecular complexity index is 470. The second-order valence-electron chi connectivity index (χ2n) is 4.51. The van der Waals surface area contributed by atoms with Crippen LogP contribution in [0.25, 0.3) is 0 Å². The summed E-state index contributed by atoms with van der Waals surface area (Å²) in [5.41, 5.74) is 0.388. The third-order valence-electron chi connectivity index (χ3n) is 3.35. The third-order valence-corrected chi connectivity index (χ3v) is 3.35. The van der Waals surface area contributed by atoms with Gasteiger partial charge in [-0.3, -0.25) is 4.79 Å². The Morgan fingerprint density at radius 3 is 2.59 bits per heavy atom. The van der Waals surface area contributed by atoms with Crippen LogP contribution in [0.1, 0.15) is 48.0 Å². The van der Waals surface area contributed by atoms with Gasteiger partial charge in [-0.25, -0.2) is 4.39 Å². The molecule has 0 amide bonds. The van der Waals surface area contributed by atoms with Crippen molar-refractivity contribution in [2.75, 3.05) is 0 Å². The Balaban J connectivity index is 2.19. The first-order valence-electron chi connectivity index (χ1n) is 5.96. The van der Waals surface area contributed by atoms with Gasteiger partial charge in [-0.1, -0.05) is 19.3 Å². The lowest BCUT2D eigenvalue weighted by atomic mass is 9.84. The van der Waals surface area contributed by atoms with Crippen molar-refractivity contribution in [3.05, 3.63) is 35.1 Å². The summed E-state index contributed by atoms with van der Waals surface area (Å²) < 4.78 is 13.4. The van der Waals surface area contributed by atoms with E-state index in [2.05, 4.69) is 0 Å². The molecule has 0 atom stereocenters. The molecular weight excluding hydrogens is 217 g/mol. The van der Waals surface area contributed by atoms with E-state index >= 15 is 0 Å². The molecule has 1 aliphatic rings. The van der Waals surface area contributed by atoms with Crippen molar-refractivity contribution in [3.63, 3.8) is 0 Å². The van der Waals surface area contributed by atoms with E-state index < -0.39 is 5.82 Å². The molecule has 0 aromatic heterocycles. The zero-order valence-electron chi connectivity index (χ0n) is 9.58. The van der Waals surface area contributed by atoms with Gasteiger partial charge in [-0.2, -0.15) is 5.26 Å². The minimum atomic E-state index is -0.603. The number of ketones is 1. The maximum absolute atomic E-state index is 13.4. The van der Waals surface area contributed by atoms with Gasteiger partial charge in [-0.15, -0.1) is 0 Å². The van der Waals surface area contributed by atoms with Crippen LogP contribution in [0.3, 0.4) is 0 Å². The molecule has 0 spiro atoms. The van der Waals surface area contributed by atoms with Crippen LogP contribution in [0.15, 0.2) is 18.2 Å². The first kappa shape index (κ1) is 11.8. The molecule has 1 aromatic carbocycles. The molecule has 88 valence electrons. The first-order chi connectivity index (χ1) is 8.22. The predicted octanol–water partition coefficient (Wildman–Crippen LogP) is 3.46. The molecule has 3 heteroatoms. The Morgan fingerprint density at radius 1 is 1.29 bits per heavy atom. The van der Waals surface area contributed by atoms with Gasteiger partial charge in [0, 0.05) is 11.5 Å². The van der Waals surface area contributed by atoms with Crippen molar-refractivity contribution in [3.8, 4) is 6.07 Å². The summed E-state index contributed by atoms with van der Waals surface area (Å²) in [6.07, 6.45) is 5.15. The molecule has 0 saturated heterocycles. The van der Waals surface area contributed by atoms with Gasteiger partial charge < -0.3 is 0 Å². The molecule has 2 rings (SSSR count). The molecule has 1 saturated carbocycles. The van der Waals surface area contributed by atoms with Crippen LogP contribution in [0.2, 0.25) is 0 Å². The van der Waals surface area contributed by atoms with Crippen molar-refractivity contribution < 1.29 is 9.18 Å². The second-order valence-corrected chi connectivity index (χ2v) is 4.51. The van der Waals surface area contributed by atoms with Gasteiger partial charge >= 0.3 is 0 Å². The summed E-state index contributed by atoms with van der Waals surface area (Å²) in [5, 5.41) is 8.62. The Hall–Kier alpha value is -1.69. The topological polar surface area (TPSA) is 40.9 Å². The second kappa shape index (κ2) is 5.09. The lowest BCUT2D eigenvalue weighted by Crippen LogP contribution is -2.18. The van der Waals surface area contributed by atoms with Crippen LogP contribution in [0.4, 0.5) is 4.39 Å². The zero-order chi connectivity index (χ0) is 12.3. The SMILES string of the molecule is N#Cc1ccc(C(=O)C2CCCCC2)cc1F. The number of carbonyl (C=O) groups excluding carboxylic acids is 1. The number of hydrogen-bond donors (Lipinski definition) is 0. The fourth-order valence-corrected chi connectivity index (χ4v) is 2.36. The molecule has 1 fully saturated rings. The van der Waals surface area contributed by atoms with Crippen molar-refractivity contribution in [2.24, 2.45) is 5.92 Å². The molecule has 0 aliphatic heterocycles. The van der Waals surface area contributed by atoms with Crippen LogP contribution in [-0.4, -0.2) is 5.78 Å². The van der Waals surface area contributed by atoms with Gasteiger partial charge in [0.15, 0.2) is 5.78 Å². The minimum absolute atomic E-state index is 0.00908. The lowest BCUT2D eigenvalue weighted by molar-refractivity contribution is 0.0889. The summed E-state index contributed by atoms with van der Waals surface area (Å²) >= 11 is 0. The monoisotopic (exact) mass is 231 g/mol. The Morgan fingerprint density at radius 2 is 2.00 bits per heavy atom. The van der Waals surface area contributed by atoms with Gasteiger partial charge in [0.25, 0.3) is 0 Å². The van der Waals surface area contributed by atoms with Crippen molar-refractivity contribution in [1.82, 2.24) is 0 Å². The number of benzene rings is 1. The zero-order valence-corrected chi connectivity index (χ0v) is 9.58. The normalized spacial score (nSPS) is 16.5. The van der Waals surface area contributed by atoms with E-state index in [0.717, 1.165) is 25.7 Å². The fraction of sp³-hybridized carbons (Fsp3) is 0.429. The van der Waals surface area contributed by atoms with Gasteiger partial charge in [-0.05, 0) is 31.0 Å². The van der Waals surface area contributed by atoms with Gasteiger partial charge in [0.05, 0.1) is 5.56 Å². The highest BCUT2D eigenvalue weighted by atomic mass is 19.1. The van der Waals surface area contributed by atoms with Crippen molar-refractivity contribution in [1.29, 1.82) is 5.26 Å². The van der Waals surface area contributed by atoms with Crippen LogP contribution < -0.4 is 0 Å². The summed E-state index contributed by atoms with van der Waals surface area (Å²) in [6, 6.07) is 5.88. The number of halogens is 1. The molecule has 0 heterocycles. The Labute approximate surface area is 100 Å². The first-order valence-corrected chi connectivity index (χ1v) is 5.96. The van der Waals surface area contributed by atoms with E-state index in [1.165, 1.54) is 18.6 Å².